The Hall–Kier alpha value is -1.76. The standard InChI is InChI=1S/C13H19N3O/c1-7-8-10-9-16(13(2,3)4)14-11(10)12(17)15(5)6/h9H,1-6H3. The van der Waals surface area contributed by atoms with E-state index in [1.165, 1.54) is 4.90 Å². The first kappa shape index (κ1) is 13.3. The molecular formula is C13H19N3O. The fourth-order valence-corrected chi connectivity index (χ4v) is 1.31. The molecule has 0 aromatic carbocycles. The van der Waals surface area contributed by atoms with E-state index in [0.717, 1.165) is 0 Å². The number of hydrogen-bond acceptors (Lipinski definition) is 2. The van der Waals surface area contributed by atoms with Gasteiger partial charge in [-0.2, -0.15) is 5.10 Å². The van der Waals surface area contributed by atoms with Crippen LogP contribution in [0.5, 0.6) is 0 Å². The van der Waals surface area contributed by atoms with Crippen molar-refractivity contribution in [2.75, 3.05) is 14.1 Å². The molecule has 4 nitrogen and oxygen atoms in total. The van der Waals surface area contributed by atoms with E-state index in [1.807, 2.05) is 27.0 Å². The fourth-order valence-electron chi connectivity index (χ4n) is 1.31. The summed E-state index contributed by atoms with van der Waals surface area (Å²) in [6.45, 7) is 7.85. The van der Waals surface area contributed by atoms with E-state index < -0.39 is 0 Å². The van der Waals surface area contributed by atoms with E-state index in [4.69, 9.17) is 0 Å². The van der Waals surface area contributed by atoms with Crippen LogP contribution in [0.25, 0.3) is 0 Å². The average molecular weight is 233 g/mol. The summed E-state index contributed by atoms with van der Waals surface area (Å²) in [5.41, 5.74) is 0.940. The highest BCUT2D eigenvalue weighted by atomic mass is 16.2. The lowest BCUT2D eigenvalue weighted by atomic mass is 10.1. The van der Waals surface area contributed by atoms with Crippen molar-refractivity contribution in [3.63, 3.8) is 0 Å². The Labute approximate surface area is 103 Å². The number of hydrogen-bond donors (Lipinski definition) is 0. The van der Waals surface area contributed by atoms with Crippen molar-refractivity contribution < 1.29 is 4.79 Å². The second kappa shape index (κ2) is 4.62. The first-order valence-corrected chi connectivity index (χ1v) is 5.52. The Morgan fingerprint density at radius 1 is 1.41 bits per heavy atom. The zero-order valence-corrected chi connectivity index (χ0v) is 11.3. The van der Waals surface area contributed by atoms with E-state index in [2.05, 4.69) is 16.9 Å². The van der Waals surface area contributed by atoms with Gasteiger partial charge < -0.3 is 4.90 Å². The second-order valence-corrected chi connectivity index (χ2v) is 5.08. The molecule has 0 atom stereocenters. The van der Waals surface area contributed by atoms with Crippen molar-refractivity contribution >= 4 is 5.91 Å². The van der Waals surface area contributed by atoms with Gasteiger partial charge in [-0.25, -0.2) is 0 Å². The molecule has 4 heteroatoms. The highest BCUT2D eigenvalue weighted by molar-refractivity contribution is 5.94. The molecule has 0 aliphatic rings. The molecule has 17 heavy (non-hydrogen) atoms. The molecule has 0 radical (unpaired) electrons. The Kier molecular flexibility index (Phi) is 3.62. The number of carbonyl (C=O) groups is 1. The minimum Gasteiger partial charge on any atom is -0.343 e. The van der Waals surface area contributed by atoms with Gasteiger partial charge in [0, 0.05) is 20.3 Å². The summed E-state index contributed by atoms with van der Waals surface area (Å²) in [6, 6.07) is 0. The van der Waals surface area contributed by atoms with Crippen LogP contribution in [0, 0.1) is 11.8 Å². The smallest absolute Gasteiger partial charge is 0.275 e. The van der Waals surface area contributed by atoms with E-state index in [0.29, 0.717) is 11.3 Å². The Morgan fingerprint density at radius 2 is 2.00 bits per heavy atom. The molecule has 0 fully saturated rings. The van der Waals surface area contributed by atoms with E-state index >= 15 is 0 Å². The number of rotatable bonds is 1. The van der Waals surface area contributed by atoms with Gasteiger partial charge in [-0.05, 0) is 27.7 Å². The summed E-state index contributed by atoms with van der Waals surface area (Å²) in [5.74, 6) is 5.61. The predicted octanol–water partition coefficient (Wildman–Crippen LogP) is 1.71. The van der Waals surface area contributed by atoms with Crippen molar-refractivity contribution in [3.8, 4) is 11.8 Å². The molecule has 0 aliphatic carbocycles. The van der Waals surface area contributed by atoms with Gasteiger partial charge >= 0.3 is 0 Å². The minimum atomic E-state index is -0.158. The normalized spacial score (nSPS) is 10.7. The van der Waals surface area contributed by atoms with Crippen molar-refractivity contribution in [2.24, 2.45) is 0 Å². The van der Waals surface area contributed by atoms with Gasteiger partial charge in [0.1, 0.15) is 0 Å². The maximum atomic E-state index is 12.0. The zero-order valence-electron chi connectivity index (χ0n) is 11.3. The van der Waals surface area contributed by atoms with Crippen LogP contribution in [0.4, 0.5) is 0 Å². The van der Waals surface area contributed by atoms with Gasteiger partial charge in [-0.3, -0.25) is 9.48 Å². The molecule has 0 unspecified atom stereocenters. The lowest BCUT2D eigenvalue weighted by molar-refractivity contribution is 0.0820. The summed E-state index contributed by atoms with van der Waals surface area (Å²) >= 11 is 0. The third-order valence-electron chi connectivity index (χ3n) is 2.27. The quantitative estimate of drug-likeness (QED) is 0.693. The summed E-state index contributed by atoms with van der Waals surface area (Å²) in [5, 5.41) is 4.34. The van der Waals surface area contributed by atoms with Crippen molar-refractivity contribution in [1.29, 1.82) is 0 Å². The van der Waals surface area contributed by atoms with E-state index in [-0.39, 0.29) is 11.4 Å². The zero-order chi connectivity index (χ0) is 13.2. The van der Waals surface area contributed by atoms with Crippen LogP contribution in [0.1, 0.15) is 43.7 Å². The molecule has 1 aromatic heterocycles. The topological polar surface area (TPSA) is 38.1 Å². The summed E-state index contributed by atoms with van der Waals surface area (Å²) in [4.78, 5) is 13.5. The van der Waals surface area contributed by atoms with Crippen LogP contribution in [-0.4, -0.2) is 34.7 Å². The number of nitrogens with zero attached hydrogens (tertiary/aromatic N) is 3. The third-order valence-corrected chi connectivity index (χ3v) is 2.27. The van der Waals surface area contributed by atoms with Crippen LogP contribution >= 0.6 is 0 Å². The first-order valence-electron chi connectivity index (χ1n) is 5.52. The van der Waals surface area contributed by atoms with Gasteiger partial charge in [0.15, 0.2) is 5.69 Å². The molecule has 1 amide bonds. The maximum absolute atomic E-state index is 12.0. The molecule has 0 bridgehead atoms. The number of carbonyl (C=O) groups excluding carboxylic acids is 1. The summed E-state index contributed by atoms with van der Waals surface area (Å²) < 4.78 is 1.78. The molecule has 0 N–H and O–H groups in total. The molecule has 0 saturated carbocycles. The van der Waals surface area contributed by atoms with Gasteiger partial charge in [-0.15, -0.1) is 5.92 Å². The highest BCUT2D eigenvalue weighted by Crippen LogP contribution is 2.16. The maximum Gasteiger partial charge on any atom is 0.275 e. The monoisotopic (exact) mass is 233 g/mol. The summed E-state index contributed by atoms with van der Waals surface area (Å²) in [6.07, 6.45) is 1.83. The lowest BCUT2D eigenvalue weighted by Crippen LogP contribution is -2.25. The van der Waals surface area contributed by atoms with Crippen molar-refractivity contribution in [1.82, 2.24) is 14.7 Å². The average Bonchev–Trinajstić information content (AvgIpc) is 2.60. The predicted molar refractivity (Wildman–Crippen MR) is 67.8 cm³/mol. The van der Waals surface area contributed by atoms with Gasteiger partial charge in [0.05, 0.1) is 11.1 Å². The minimum absolute atomic E-state index is 0.120. The Balaban J connectivity index is 3.32. The van der Waals surface area contributed by atoms with Crippen LogP contribution in [-0.2, 0) is 5.54 Å². The summed E-state index contributed by atoms with van der Waals surface area (Å²) in [7, 11) is 3.42. The van der Waals surface area contributed by atoms with Crippen molar-refractivity contribution in [3.05, 3.63) is 17.5 Å². The molecule has 1 rings (SSSR count). The van der Waals surface area contributed by atoms with Crippen molar-refractivity contribution in [2.45, 2.75) is 33.2 Å². The number of aromatic nitrogens is 2. The molecule has 0 saturated heterocycles. The second-order valence-electron chi connectivity index (χ2n) is 5.08. The number of amides is 1. The molecule has 0 spiro atoms. The van der Waals surface area contributed by atoms with E-state index in [9.17, 15) is 4.79 Å². The highest BCUT2D eigenvalue weighted by Gasteiger charge is 2.22. The molecule has 0 aliphatic heterocycles. The van der Waals surface area contributed by atoms with Gasteiger partial charge in [-0.1, -0.05) is 5.92 Å². The van der Waals surface area contributed by atoms with Gasteiger partial charge in [0.25, 0.3) is 5.91 Å². The van der Waals surface area contributed by atoms with E-state index in [1.54, 1.807) is 25.7 Å². The van der Waals surface area contributed by atoms with Gasteiger partial charge in [0.2, 0.25) is 0 Å². The molecular weight excluding hydrogens is 214 g/mol. The largest absolute Gasteiger partial charge is 0.343 e. The third kappa shape index (κ3) is 2.88. The lowest BCUT2D eigenvalue weighted by Gasteiger charge is -2.18. The molecule has 1 heterocycles. The SMILES string of the molecule is CC#Cc1cn(C(C)(C)C)nc1C(=O)N(C)C. The van der Waals surface area contributed by atoms with Crippen LogP contribution in [0.15, 0.2) is 6.20 Å². The Morgan fingerprint density at radius 3 is 2.41 bits per heavy atom. The van der Waals surface area contributed by atoms with Crippen LogP contribution < -0.4 is 0 Å². The Bertz CT molecular complexity index is 481. The molecule has 1 aromatic rings. The molecule has 92 valence electrons. The first-order chi connectivity index (χ1) is 7.77. The fraction of sp³-hybridized carbons (Fsp3) is 0.538. The van der Waals surface area contributed by atoms with Crippen LogP contribution in [0.2, 0.25) is 0 Å². The van der Waals surface area contributed by atoms with Crippen LogP contribution in [0.3, 0.4) is 0 Å².